The van der Waals surface area contributed by atoms with Gasteiger partial charge in [-0.2, -0.15) is 5.10 Å². The molecule has 140 valence electrons. The van der Waals surface area contributed by atoms with Crippen LogP contribution in [0.5, 0.6) is 0 Å². The largest absolute Gasteiger partial charge is 0.378 e. The molecule has 0 bridgehead atoms. The fraction of sp³-hybridized carbons (Fsp3) is 0.368. The predicted octanol–water partition coefficient (Wildman–Crippen LogP) is 1.29. The van der Waals surface area contributed by atoms with Gasteiger partial charge in [0.2, 0.25) is 5.91 Å². The number of nitrogens with one attached hydrogen (secondary N) is 1. The molecule has 0 radical (unpaired) electrons. The third kappa shape index (κ3) is 3.75. The van der Waals surface area contributed by atoms with Crippen molar-refractivity contribution < 1.29 is 9.53 Å². The van der Waals surface area contributed by atoms with Gasteiger partial charge < -0.3 is 15.0 Å². The first-order chi connectivity index (χ1) is 13.2. The average Bonchev–Trinajstić information content (AvgIpc) is 3.11. The molecule has 1 fully saturated rings. The molecule has 0 saturated carbocycles. The second kappa shape index (κ2) is 7.71. The Balaban J connectivity index is 1.47. The number of fused-ring (bicyclic) bond motifs is 1. The molecule has 1 aromatic carbocycles. The van der Waals surface area contributed by atoms with Gasteiger partial charge in [0.25, 0.3) is 0 Å². The van der Waals surface area contributed by atoms with E-state index in [9.17, 15) is 4.79 Å². The highest BCUT2D eigenvalue weighted by atomic mass is 16.5. The zero-order chi connectivity index (χ0) is 18.6. The highest BCUT2D eigenvalue weighted by Crippen LogP contribution is 2.23. The molecule has 1 saturated heterocycles. The third-order valence-corrected chi connectivity index (χ3v) is 4.75. The van der Waals surface area contributed by atoms with Crippen molar-refractivity contribution in [3.63, 3.8) is 0 Å². The molecule has 8 nitrogen and oxygen atoms in total. The molecule has 8 heteroatoms. The lowest BCUT2D eigenvalue weighted by Crippen LogP contribution is -2.36. The predicted molar refractivity (Wildman–Crippen MR) is 101 cm³/mol. The van der Waals surface area contributed by atoms with Crippen LogP contribution in [0.4, 0.5) is 5.82 Å². The number of aromatic nitrogens is 4. The van der Waals surface area contributed by atoms with E-state index in [1.807, 2.05) is 31.2 Å². The molecule has 0 spiro atoms. The Bertz CT molecular complexity index is 948. The number of amides is 1. The summed E-state index contributed by atoms with van der Waals surface area (Å²) in [4.78, 5) is 23.3. The SMILES string of the molecule is Cc1ccccc1CNC(=O)Cn1ncc2c(N3CCOCC3)ncnc21. The highest BCUT2D eigenvalue weighted by molar-refractivity contribution is 5.87. The van der Waals surface area contributed by atoms with Crippen molar-refractivity contribution in [2.45, 2.75) is 20.0 Å². The maximum Gasteiger partial charge on any atom is 0.242 e. The van der Waals surface area contributed by atoms with Gasteiger partial charge in [-0.15, -0.1) is 0 Å². The van der Waals surface area contributed by atoms with Crippen LogP contribution in [0.25, 0.3) is 11.0 Å². The average molecular weight is 366 g/mol. The molecule has 27 heavy (non-hydrogen) atoms. The topological polar surface area (TPSA) is 85.2 Å². The van der Waals surface area contributed by atoms with Crippen LogP contribution in [0.2, 0.25) is 0 Å². The molecule has 2 aromatic heterocycles. The quantitative estimate of drug-likeness (QED) is 0.732. The second-order valence-corrected chi connectivity index (χ2v) is 6.54. The van der Waals surface area contributed by atoms with Crippen molar-refractivity contribution in [2.75, 3.05) is 31.2 Å². The molecule has 1 amide bonds. The van der Waals surface area contributed by atoms with Gasteiger partial charge in [-0.3, -0.25) is 4.79 Å². The summed E-state index contributed by atoms with van der Waals surface area (Å²) >= 11 is 0. The van der Waals surface area contributed by atoms with E-state index in [0.717, 1.165) is 35.4 Å². The van der Waals surface area contributed by atoms with E-state index in [-0.39, 0.29) is 12.5 Å². The number of aryl methyl sites for hydroxylation is 1. The van der Waals surface area contributed by atoms with Crippen molar-refractivity contribution >= 4 is 22.8 Å². The van der Waals surface area contributed by atoms with Gasteiger partial charge in [0, 0.05) is 19.6 Å². The van der Waals surface area contributed by atoms with Crippen LogP contribution >= 0.6 is 0 Å². The molecular weight excluding hydrogens is 344 g/mol. The van der Waals surface area contributed by atoms with Crippen LogP contribution in [-0.2, 0) is 22.6 Å². The minimum atomic E-state index is -0.102. The van der Waals surface area contributed by atoms with Gasteiger partial charge in [-0.25, -0.2) is 14.6 Å². The number of morpholine rings is 1. The van der Waals surface area contributed by atoms with Gasteiger partial charge in [0.15, 0.2) is 5.65 Å². The third-order valence-electron chi connectivity index (χ3n) is 4.75. The number of anilines is 1. The number of carbonyl (C=O) groups excluding carboxylic acids is 1. The Morgan fingerprint density at radius 3 is 2.85 bits per heavy atom. The van der Waals surface area contributed by atoms with Crippen molar-refractivity contribution in [3.05, 3.63) is 47.9 Å². The number of hydrogen-bond donors (Lipinski definition) is 1. The van der Waals surface area contributed by atoms with Gasteiger partial charge in [0.05, 0.1) is 24.8 Å². The molecule has 4 rings (SSSR count). The summed E-state index contributed by atoms with van der Waals surface area (Å²) in [5.74, 6) is 0.740. The zero-order valence-electron chi connectivity index (χ0n) is 15.3. The number of hydrogen-bond acceptors (Lipinski definition) is 6. The Morgan fingerprint density at radius 1 is 1.22 bits per heavy atom. The van der Waals surface area contributed by atoms with Gasteiger partial charge >= 0.3 is 0 Å². The molecule has 0 unspecified atom stereocenters. The summed E-state index contributed by atoms with van der Waals surface area (Å²) in [5.41, 5.74) is 2.93. The number of rotatable bonds is 5. The van der Waals surface area contributed by atoms with Crippen molar-refractivity contribution in [3.8, 4) is 0 Å². The number of carbonyl (C=O) groups is 1. The van der Waals surface area contributed by atoms with Crippen molar-refractivity contribution in [1.82, 2.24) is 25.1 Å². The number of ether oxygens (including phenoxy) is 1. The van der Waals surface area contributed by atoms with Crippen molar-refractivity contribution in [2.24, 2.45) is 0 Å². The molecule has 0 atom stereocenters. The van der Waals surface area contributed by atoms with E-state index < -0.39 is 0 Å². The van der Waals surface area contributed by atoms with E-state index in [0.29, 0.717) is 25.4 Å². The first-order valence-electron chi connectivity index (χ1n) is 9.03. The van der Waals surface area contributed by atoms with E-state index in [1.165, 1.54) is 6.33 Å². The summed E-state index contributed by atoms with van der Waals surface area (Å²) < 4.78 is 7.02. The fourth-order valence-corrected chi connectivity index (χ4v) is 3.22. The van der Waals surface area contributed by atoms with E-state index >= 15 is 0 Å². The molecule has 3 aromatic rings. The van der Waals surface area contributed by atoms with Gasteiger partial charge in [-0.05, 0) is 18.1 Å². The molecule has 0 aliphatic carbocycles. The maximum atomic E-state index is 12.4. The number of benzene rings is 1. The summed E-state index contributed by atoms with van der Waals surface area (Å²) in [6.07, 6.45) is 3.26. The normalized spacial score (nSPS) is 14.5. The minimum absolute atomic E-state index is 0.102. The zero-order valence-corrected chi connectivity index (χ0v) is 15.3. The standard InChI is InChI=1S/C19H22N6O2/c1-14-4-2-3-5-15(14)10-20-17(26)12-25-19-16(11-23-25)18(21-13-22-19)24-6-8-27-9-7-24/h2-5,11,13H,6-10,12H2,1H3,(H,20,26). The molecule has 3 heterocycles. The summed E-state index contributed by atoms with van der Waals surface area (Å²) in [5, 5.41) is 8.16. The molecular formula is C19H22N6O2. The summed E-state index contributed by atoms with van der Waals surface area (Å²) in [6.45, 7) is 5.59. The van der Waals surface area contributed by atoms with E-state index in [4.69, 9.17) is 4.74 Å². The Kier molecular flexibility index (Phi) is 4.97. The summed E-state index contributed by atoms with van der Waals surface area (Å²) in [7, 11) is 0. The monoisotopic (exact) mass is 366 g/mol. The Morgan fingerprint density at radius 2 is 2.04 bits per heavy atom. The summed E-state index contributed by atoms with van der Waals surface area (Å²) in [6, 6.07) is 8.01. The second-order valence-electron chi connectivity index (χ2n) is 6.54. The first-order valence-corrected chi connectivity index (χ1v) is 9.03. The fourth-order valence-electron chi connectivity index (χ4n) is 3.22. The van der Waals surface area contributed by atoms with Crippen molar-refractivity contribution in [1.29, 1.82) is 0 Å². The smallest absolute Gasteiger partial charge is 0.242 e. The van der Waals surface area contributed by atoms with Crippen LogP contribution < -0.4 is 10.2 Å². The minimum Gasteiger partial charge on any atom is -0.378 e. The lowest BCUT2D eigenvalue weighted by Gasteiger charge is -2.27. The van der Waals surface area contributed by atoms with Crippen LogP contribution in [0.1, 0.15) is 11.1 Å². The van der Waals surface area contributed by atoms with Gasteiger partial charge in [0.1, 0.15) is 18.7 Å². The Labute approximate surface area is 157 Å². The maximum absolute atomic E-state index is 12.4. The lowest BCUT2D eigenvalue weighted by atomic mass is 10.1. The first kappa shape index (κ1) is 17.4. The lowest BCUT2D eigenvalue weighted by molar-refractivity contribution is -0.121. The Hall–Kier alpha value is -3.00. The van der Waals surface area contributed by atoms with E-state index in [2.05, 4.69) is 25.3 Å². The van der Waals surface area contributed by atoms with Crippen LogP contribution in [0.15, 0.2) is 36.8 Å². The van der Waals surface area contributed by atoms with Gasteiger partial charge in [-0.1, -0.05) is 24.3 Å². The molecule has 1 N–H and O–H groups in total. The van der Waals surface area contributed by atoms with Crippen LogP contribution in [-0.4, -0.2) is 52.0 Å². The van der Waals surface area contributed by atoms with E-state index in [1.54, 1.807) is 10.9 Å². The van der Waals surface area contributed by atoms with Crippen LogP contribution in [0.3, 0.4) is 0 Å². The van der Waals surface area contributed by atoms with Crippen LogP contribution in [0, 0.1) is 6.92 Å². The number of nitrogens with zero attached hydrogens (tertiary/aromatic N) is 5. The highest BCUT2D eigenvalue weighted by Gasteiger charge is 2.18. The molecule has 1 aliphatic heterocycles. The molecule has 1 aliphatic rings.